The van der Waals surface area contributed by atoms with Gasteiger partial charge in [-0.3, -0.25) is 9.89 Å². The van der Waals surface area contributed by atoms with E-state index >= 15 is 0 Å². The molecule has 2 fully saturated rings. The van der Waals surface area contributed by atoms with Crippen molar-refractivity contribution in [2.24, 2.45) is 0 Å². The van der Waals surface area contributed by atoms with Crippen LogP contribution in [-0.4, -0.2) is 34.1 Å². The van der Waals surface area contributed by atoms with E-state index in [9.17, 15) is 4.79 Å². The summed E-state index contributed by atoms with van der Waals surface area (Å²) in [6, 6.07) is 17.0. The normalized spacial score (nSPS) is 16.8. The number of aromatic nitrogens is 2. The van der Waals surface area contributed by atoms with Gasteiger partial charge in [0, 0.05) is 29.9 Å². The van der Waals surface area contributed by atoms with Gasteiger partial charge in [-0.1, -0.05) is 36.8 Å². The van der Waals surface area contributed by atoms with Crippen molar-refractivity contribution in [3.8, 4) is 17.3 Å². The fraction of sp³-hybridized carbons (Fsp3) is 0.414. The van der Waals surface area contributed by atoms with Crippen LogP contribution in [0.1, 0.15) is 89.2 Å². The zero-order valence-electron chi connectivity index (χ0n) is 20.2. The van der Waals surface area contributed by atoms with Crippen molar-refractivity contribution in [2.75, 3.05) is 13.1 Å². The molecule has 1 saturated carbocycles. The molecule has 2 aliphatic rings. The minimum atomic E-state index is 0.136. The molecule has 1 aliphatic carbocycles. The van der Waals surface area contributed by atoms with Gasteiger partial charge in [0.25, 0.3) is 5.91 Å². The number of piperidine rings is 1. The molecule has 0 radical (unpaired) electrons. The van der Waals surface area contributed by atoms with Gasteiger partial charge < -0.3 is 4.90 Å². The van der Waals surface area contributed by atoms with E-state index in [-0.39, 0.29) is 5.91 Å². The Bertz CT molecular complexity index is 1220. The molecule has 174 valence electrons. The molecule has 2 N–H and O–H groups in total. The summed E-state index contributed by atoms with van der Waals surface area (Å²) in [5.74, 6) is 1.17. The van der Waals surface area contributed by atoms with E-state index < -0.39 is 0 Å². The molecule has 1 aliphatic heterocycles. The number of aromatic amines is 1. The predicted octanol–water partition coefficient (Wildman–Crippen LogP) is 4.36. The number of amides is 1. The van der Waals surface area contributed by atoms with Crippen LogP contribution in [0.15, 0.2) is 42.5 Å². The summed E-state index contributed by atoms with van der Waals surface area (Å²) in [6.45, 7) is 5.74. The number of benzene rings is 2. The number of rotatable bonds is 5. The van der Waals surface area contributed by atoms with Crippen LogP contribution in [-0.2, 0) is 6.42 Å². The number of hydrogen-bond acceptors (Lipinski definition) is 2. The maximum Gasteiger partial charge on any atom is 0.308 e. The highest BCUT2D eigenvalue weighted by Gasteiger charge is 2.29. The van der Waals surface area contributed by atoms with Gasteiger partial charge in [-0.2, -0.15) is 5.10 Å². The Morgan fingerprint density at radius 1 is 1.09 bits per heavy atom. The largest absolute Gasteiger partial charge is 0.339 e. The van der Waals surface area contributed by atoms with Crippen LogP contribution in [0.5, 0.6) is 0 Å². The molecular weight excluding hydrogens is 420 g/mol. The molecule has 0 bridgehead atoms. The minimum Gasteiger partial charge on any atom is -0.339 e. The lowest BCUT2D eigenvalue weighted by Gasteiger charge is -2.33. The maximum atomic E-state index is 13.6. The second kappa shape index (κ2) is 9.46. The van der Waals surface area contributed by atoms with Crippen LogP contribution in [0.3, 0.4) is 0 Å². The molecule has 0 atom stereocenters. The zero-order valence-corrected chi connectivity index (χ0v) is 20.2. The monoisotopic (exact) mass is 453 g/mol. The van der Waals surface area contributed by atoms with Crippen LogP contribution < -0.4 is 5.26 Å². The first-order chi connectivity index (χ1) is 16.6. The van der Waals surface area contributed by atoms with E-state index in [0.717, 1.165) is 66.0 Å². The Balaban J connectivity index is 1.37. The van der Waals surface area contributed by atoms with Gasteiger partial charge in [-0.05, 0) is 91.8 Å². The maximum absolute atomic E-state index is 13.6. The predicted molar refractivity (Wildman–Crippen MR) is 133 cm³/mol. The molecule has 0 unspecified atom stereocenters. The zero-order chi connectivity index (χ0) is 23.7. The van der Waals surface area contributed by atoms with E-state index in [4.69, 9.17) is 5.26 Å². The molecule has 5 nitrogen and oxygen atoms in total. The van der Waals surface area contributed by atoms with E-state index in [1.807, 2.05) is 17.0 Å². The van der Waals surface area contributed by atoms with E-state index in [2.05, 4.69) is 60.4 Å². The fourth-order valence-corrected chi connectivity index (χ4v) is 5.35. The third-order valence-corrected chi connectivity index (χ3v) is 7.77. The van der Waals surface area contributed by atoms with Gasteiger partial charge in [-0.25, -0.2) is 0 Å². The summed E-state index contributed by atoms with van der Waals surface area (Å²) < 4.78 is 0. The number of carbonyl (C=O) groups is 1. The second-order valence-corrected chi connectivity index (χ2v) is 9.83. The summed E-state index contributed by atoms with van der Waals surface area (Å²) in [4.78, 5) is 15.6. The summed E-state index contributed by atoms with van der Waals surface area (Å²) in [5, 5.41) is 15.0. The van der Waals surface area contributed by atoms with Crippen LogP contribution in [0.2, 0.25) is 0 Å². The third-order valence-electron chi connectivity index (χ3n) is 7.77. The molecule has 5 rings (SSSR count). The molecule has 1 saturated heterocycles. The Labute approximate surface area is 201 Å². The van der Waals surface area contributed by atoms with E-state index in [1.54, 1.807) is 0 Å². The summed E-state index contributed by atoms with van der Waals surface area (Å²) in [6.07, 6.45) is 6.56. The van der Waals surface area contributed by atoms with Crippen LogP contribution in [0, 0.1) is 13.0 Å². The number of likely N-dealkylation sites (tertiary alicyclic amines) is 1. The summed E-state index contributed by atoms with van der Waals surface area (Å²) in [7, 11) is 0. The Morgan fingerprint density at radius 2 is 1.82 bits per heavy atom. The number of hydrogen-bond donors (Lipinski definition) is 2. The number of nitrogens with one attached hydrogen (secondary N) is 2. The average Bonchev–Trinajstić information content (AvgIpc) is 3.32. The average molecular weight is 454 g/mol. The van der Waals surface area contributed by atoms with Crippen LogP contribution in [0.25, 0.3) is 11.3 Å². The van der Waals surface area contributed by atoms with Crippen molar-refractivity contribution in [1.29, 1.82) is 0 Å². The molecule has 34 heavy (non-hydrogen) atoms. The second-order valence-electron chi connectivity index (χ2n) is 9.83. The third kappa shape index (κ3) is 4.25. The topological polar surface area (TPSA) is 72.8 Å². The molecule has 3 aromatic rings. The van der Waals surface area contributed by atoms with Gasteiger partial charge in [0.1, 0.15) is 5.56 Å². The van der Waals surface area contributed by atoms with Gasteiger partial charge >= 0.3 is 6.07 Å². The van der Waals surface area contributed by atoms with E-state index in [0.29, 0.717) is 11.8 Å². The lowest BCUT2D eigenvalue weighted by Crippen LogP contribution is -2.38. The SMILES string of the molecule is CCc1cc(-c2cc(C(=O)N3CCC(c4ccc(C#[NH+])cc4)CC3)c(C)cc2C2CCC2)n[nH]1. The Morgan fingerprint density at radius 3 is 2.41 bits per heavy atom. The molecule has 2 heterocycles. The van der Waals surface area contributed by atoms with Crippen LogP contribution >= 0.6 is 0 Å². The highest BCUT2D eigenvalue weighted by atomic mass is 16.2. The van der Waals surface area contributed by atoms with Crippen molar-refractivity contribution < 1.29 is 10.1 Å². The van der Waals surface area contributed by atoms with Gasteiger partial charge in [0.2, 0.25) is 0 Å². The number of carbonyl (C=O) groups excluding carboxylic acids is 1. The number of H-pyrrole nitrogens is 1. The first-order valence-electron chi connectivity index (χ1n) is 12.6. The Hall–Kier alpha value is -3.39. The first-order valence-corrected chi connectivity index (χ1v) is 12.6. The van der Waals surface area contributed by atoms with Crippen molar-refractivity contribution >= 4 is 5.91 Å². The van der Waals surface area contributed by atoms with Gasteiger partial charge in [0.15, 0.2) is 0 Å². The molecule has 2 aromatic carbocycles. The minimum absolute atomic E-state index is 0.136. The fourth-order valence-electron chi connectivity index (χ4n) is 5.35. The highest BCUT2D eigenvalue weighted by molar-refractivity contribution is 5.97. The molecule has 0 spiro atoms. The summed E-state index contributed by atoms with van der Waals surface area (Å²) >= 11 is 0. The molecular formula is C29H33N4O+. The standard InChI is InChI=1S/C29H32N4O/c1-3-24-16-28(32-31-24)27-17-25(19(2)15-26(27)23-5-4-6-23)29(34)33-13-11-22(12-14-33)21-9-7-20(18-30)8-10-21/h7-10,15-17,22-23H,3-6,11-14H2,1-2H3,(H,31,32)/p+1. The number of nitrogens with zero attached hydrogens (tertiary/aromatic N) is 2. The number of aryl methyl sites for hydroxylation is 2. The quantitative estimate of drug-likeness (QED) is 0.603. The van der Waals surface area contributed by atoms with Crippen molar-refractivity contribution in [3.05, 3.63) is 76.0 Å². The van der Waals surface area contributed by atoms with Gasteiger partial charge in [0.05, 0.1) is 5.69 Å². The van der Waals surface area contributed by atoms with Crippen molar-refractivity contribution in [3.63, 3.8) is 0 Å². The molecule has 1 amide bonds. The van der Waals surface area contributed by atoms with Crippen molar-refractivity contribution in [1.82, 2.24) is 15.1 Å². The van der Waals surface area contributed by atoms with E-state index in [1.165, 1.54) is 30.4 Å². The van der Waals surface area contributed by atoms with Crippen molar-refractivity contribution in [2.45, 2.75) is 64.2 Å². The first kappa shape index (κ1) is 22.4. The smallest absolute Gasteiger partial charge is 0.308 e. The molecule has 5 heteroatoms. The van der Waals surface area contributed by atoms with Crippen LogP contribution in [0.4, 0.5) is 0 Å². The summed E-state index contributed by atoms with van der Waals surface area (Å²) in [5.41, 5.74) is 8.52. The molecule has 1 aromatic heterocycles. The highest BCUT2D eigenvalue weighted by Crippen LogP contribution is 2.42. The lowest BCUT2D eigenvalue weighted by atomic mass is 9.76. The van der Waals surface area contributed by atoms with Gasteiger partial charge in [-0.15, -0.1) is 0 Å². The Kier molecular flexibility index (Phi) is 6.24. The lowest BCUT2D eigenvalue weighted by molar-refractivity contribution is -0.0909.